The van der Waals surface area contributed by atoms with E-state index in [0.717, 1.165) is 12.0 Å². The molecule has 3 rings (SSSR count). The summed E-state index contributed by atoms with van der Waals surface area (Å²) in [6, 6.07) is 13.0. The number of amides is 1. The molecule has 0 bridgehead atoms. The molecule has 0 atom stereocenters. The third kappa shape index (κ3) is 4.40. The first-order valence-corrected chi connectivity index (χ1v) is 8.80. The van der Waals surface area contributed by atoms with E-state index in [9.17, 15) is 4.79 Å². The maximum Gasteiger partial charge on any atom is 0.264 e. The van der Waals surface area contributed by atoms with Crippen molar-refractivity contribution in [2.24, 2.45) is 0 Å². The largest absolute Gasteiger partial charge is 0.497 e. The number of methoxy groups -OCH3 is 2. The van der Waals surface area contributed by atoms with Gasteiger partial charge in [-0.1, -0.05) is 25.1 Å². The predicted molar refractivity (Wildman–Crippen MR) is 105 cm³/mol. The second-order valence-corrected chi connectivity index (χ2v) is 5.87. The molecule has 0 aliphatic rings. The van der Waals surface area contributed by atoms with Crippen LogP contribution in [0.3, 0.4) is 0 Å². The summed E-state index contributed by atoms with van der Waals surface area (Å²) in [7, 11) is 3.14. The number of nitrogens with zero attached hydrogens (tertiary/aromatic N) is 2. The SMILES string of the molecule is CCc1ccccc1OCC(=O)Nc1n[nH]c(-c2ccc(OC)cc2OC)n1. The van der Waals surface area contributed by atoms with Gasteiger partial charge in [-0.3, -0.25) is 15.2 Å². The van der Waals surface area contributed by atoms with Gasteiger partial charge in [0.15, 0.2) is 12.4 Å². The van der Waals surface area contributed by atoms with Crippen molar-refractivity contribution < 1.29 is 19.0 Å². The first-order chi connectivity index (χ1) is 13.6. The minimum Gasteiger partial charge on any atom is -0.497 e. The maximum atomic E-state index is 12.2. The number of carbonyl (C=O) groups excluding carboxylic acids is 1. The Bertz CT molecular complexity index is 955. The average Bonchev–Trinajstić information content (AvgIpc) is 3.19. The highest BCUT2D eigenvalue weighted by Gasteiger charge is 2.14. The van der Waals surface area contributed by atoms with E-state index >= 15 is 0 Å². The number of hydrogen-bond donors (Lipinski definition) is 2. The molecule has 2 N–H and O–H groups in total. The molecule has 28 heavy (non-hydrogen) atoms. The van der Waals surface area contributed by atoms with Crippen molar-refractivity contribution in [3.63, 3.8) is 0 Å². The minimum atomic E-state index is -0.349. The van der Waals surface area contributed by atoms with Gasteiger partial charge in [0.2, 0.25) is 5.95 Å². The first-order valence-electron chi connectivity index (χ1n) is 8.80. The van der Waals surface area contributed by atoms with Crippen LogP contribution in [0.25, 0.3) is 11.4 Å². The number of hydrogen-bond acceptors (Lipinski definition) is 6. The molecule has 0 saturated heterocycles. The van der Waals surface area contributed by atoms with Crippen LogP contribution in [0.2, 0.25) is 0 Å². The fraction of sp³-hybridized carbons (Fsp3) is 0.250. The Morgan fingerprint density at radius 1 is 1.11 bits per heavy atom. The van der Waals surface area contributed by atoms with Crippen LogP contribution in [-0.4, -0.2) is 41.9 Å². The molecule has 146 valence electrons. The lowest BCUT2D eigenvalue weighted by Crippen LogP contribution is -2.21. The van der Waals surface area contributed by atoms with E-state index in [0.29, 0.717) is 28.6 Å². The summed E-state index contributed by atoms with van der Waals surface area (Å²) in [6.07, 6.45) is 0.825. The Balaban J connectivity index is 1.65. The molecule has 3 aromatic rings. The molecular weight excluding hydrogens is 360 g/mol. The Morgan fingerprint density at radius 3 is 2.68 bits per heavy atom. The number of nitrogens with one attached hydrogen (secondary N) is 2. The summed E-state index contributed by atoms with van der Waals surface area (Å²) >= 11 is 0. The molecule has 2 aromatic carbocycles. The minimum absolute atomic E-state index is 0.132. The molecule has 8 nitrogen and oxygen atoms in total. The summed E-state index contributed by atoms with van der Waals surface area (Å²) in [5.74, 6) is 2.21. The van der Waals surface area contributed by atoms with Gasteiger partial charge in [0.25, 0.3) is 5.91 Å². The zero-order valence-electron chi connectivity index (χ0n) is 16.0. The van der Waals surface area contributed by atoms with Crippen LogP contribution in [0.5, 0.6) is 17.2 Å². The summed E-state index contributed by atoms with van der Waals surface area (Å²) in [4.78, 5) is 16.5. The Kier molecular flexibility index (Phi) is 6.11. The molecule has 0 spiro atoms. The molecule has 0 saturated carbocycles. The van der Waals surface area contributed by atoms with Gasteiger partial charge in [-0.15, -0.1) is 5.10 Å². The topological polar surface area (TPSA) is 98.4 Å². The third-order valence-electron chi connectivity index (χ3n) is 4.11. The summed E-state index contributed by atoms with van der Waals surface area (Å²) < 4.78 is 16.2. The smallest absolute Gasteiger partial charge is 0.264 e. The summed E-state index contributed by atoms with van der Waals surface area (Å²) in [5.41, 5.74) is 1.74. The van der Waals surface area contributed by atoms with E-state index in [-0.39, 0.29) is 18.5 Å². The fourth-order valence-electron chi connectivity index (χ4n) is 2.67. The number of aryl methyl sites for hydroxylation is 1. The van der Waals surface area contributed by atoms with Crippen molar-refractivity contribution in [3.8, 4) is 28.6 Å². The Labute approximate surface area is 162 Å². The number of para-hydroxylation sites is 1. The number of aromatic amines is 1. The zero-order chi connectivity index (χ0) is 19.9. The summed E-state index contributed by atoms with van der Waals surface area (Å²) in [5, 5.41) is 9.44. The van der Waals surface area contributed by atoms with Crippen molar-refractivity contribution >= 4 is 11.9 Å². The van der Waals surface area contributed by atoms with Crippen LogP contribution in [0, 0.1) is 0 Å². The highest BCUT2D eigenvalue weighted by Crippen LogP contribution is 2.31. The highest BCUT2D eigenvalue weighted by atomic mass is 16.5. The number of rotatable bonds is 8. The molecular formula is C20H22N4O4. The van der Waals surface area contributed by atoms with E-state index < -0.39 is 0 Å². The highest BCUT2D eigenvalue weighted by molar-refractivity contribution is 5.90. The molecule has 0 aliphatic carbocycles. The number of ether oxygens (including phenoxy) is 3. The van der Waals surface area contributed by atoms with E-state index in [1.807, 2.05) is 31.2 Å². The lowest BCUT2D eigenvalue weighted by Gasteiger charge is -2.09. The molecule has 0 aliphatic heterocycles. The van der Waals surface area contributed by atoms with E-state index in [2.05, 4.69) is 20.5 Å². The van der Waals surface area contributed by atoms with Crippen LogP contribution in [0.4, 0.5) is 5.95 Å². The van der Waals surface area contributed by atoms with Crippen molar-refractivity contribution in [1.29, 1.82) is 0 Å². The molecule has 0 unspecified atom stereocenters. The van der Waals surface area contributed by atoms with Gasteiger partial charge < -0.3 is 14.2 Å². The second-order valence-electron chi connectivity index (χ2n) is 5.87. The van der Waals surface area contributed by atoms with Gasteiger partial charge >= 0.3 is 0 Å². The number of aromatic nitrogens is 3. The normalized spacial score (nSPS) is 10.4. The Hall–Kier alpha value is -3.55. The molecule has 0 fully saturated rings. The number of benzene rings is 2. The lowest BCUT2D eigenvalue weighted by molar-refractivity contribution is -0.118. The molecule has 1 amide bonds. The summed E-state index contributed by atoms with van der Waals surface area (Å²) in [6.45, 7) is 1.90. The molecule has 8 heteroatoms. The number of H-pyrrole nitrogens is 1. The number of anilines is 1. The lowest BCUT2D eigenvalue weighted by atomic mass is 10.1. The fourth-order valence-corrected chi connectivity index (χ4v) is 2.67. The number of carbonyl (C=O) groups is 1. The van der Waals surface area contributed by atoms with Gasteiger partial charge in [0.05, 0.1) is 19.8 Å². The van der Waals surface area contributed by atoms with Crippen molar-refractivity contribution in [2.75, 3.05) is 26.1 Å². The van der Waals surface area contributed by atoms with Crippen molar-refractivity contribution in [2.45, 2.75) is 13.3 Å². The van der Waals surface area contributed by atoms with Crippen LogP contribution in [0.15, 0.2) is 42.5 Å². The van der Waals surface area contributed by atoms with E-state index in [1.54, 1.807) is 32.4 Å². The third-order valence-corrected chi connectivity index (χ3v) is 4.11. The van der Waals surface area contributed by atoms with Crippen molar-refractivity contribution in [1.82, 2.24) is 15.2 Å². The van der Waals surface area contributed by atoms with Gasteiger partial charge in [-0.05, 0) is 30.2 Å². The van der Waals surface area contributed by atoms with Crippen LogP contribution in [0.1, 0.15) is 12.5 Å². The van der Waals surface area contributed by atoms with Gasteiger partial charge in [-0.25, -0.2) is 0 Å². The standard InChI is InChI=1S/C20H22N4O4/c1-4-13-7-5-6-8-16(13)28-12-18(25)21-20-22-19(23-24-20)15-10-9-14(26-2)11-17(15)27-3/h5-11H,4,12H2,1-3H3,(H2,21,22,23,24,25). The molecule has 0 radical (unpaired) electrons. The maximum absolute atomic E-state index is 12.2. The average molecular weight is 382 g/mol. The predicted octanol–water partition coefficient (Wildman–Crippen LogP) is 3.07. The molecule has 1 aromatic heterocycles. The van der Waals surface area contributed by atoms with Gasteiger partial charge in [0, 0.05) is 6.07 Å². The Morgan fingerprint density at radius 2 is 1.93 bits per heavy atom. The van der Waals surface area contributed by atoms with Crippen molar-refractivity contribution in [3.05, 3.63) is 48.0 Å². The van der Waals surface area contributed by atoms with Gasteiger partial charge in [0.1, 0.15) is 17.2 Å². The van der Waals surface area contributed by atoms with Crippen LogP contribution >= 0.6 is 0 Å². The van der Waals surface area contributed by atoms with Gasteiger partial charge in [-0.2, -0.15) is 4.98 Å². The molecule has 1 heterocycles. The first kappa shape index (κ1) is 19.2. The zero-order valence-corrected chi connectivity index (χ0v) is 16.0. The second kappa shape index (κ2) is 8.90. The van der Waals surface area contributed by atoms with Crippen LogP contribution in [-0.2, 0) is 11.2 Å². The van der Waals surface area contributed by atoms with E-state index in [1.165, 1.54) is 0 Å². The monoisotopic (exact) mass is 382 g/mol. The van der Waals surface area contributed by atoms with Crippen LogP contribution < -0.4 is 19.5 Å². The quantitative estimate of drug-likeness (QED) is 0.621. The van der Waals surface area contributed by atoms with E-state index in [4.69, 9.17) is 14.2 Å².